The number of halogens is 1. The van der Waals surface area contributed by atoms with Crippen molar-refractivity contribution in [2.24, 2.45) is 11.8 Å². The summed E-state index contributed by atoms with van der Waals surface area (Å²) < 4.78 is 0.937. The van der Waals surface area contributed by atoms with E-state index in [0.717, 1.165) is 23.7 Å². The zero-order valence-corrected chi connectivity index (χ0v) is 14.8. The molecular formula is C20H18BrNO2. The van der Waals surface area contributed by atoms with Gasteiger partial charge in [-0.15, -0.1) is 0 Å². The zero-order chi connectivity index (χ0) is 16.7. The van der Waals surface area contributed by atoms with E-state index in [1.807, 2.05) is 42.5 Å². The lowest BCUT2D eigenvalue weighted by molar-refractivity contribution is -0.122. The molecule has 24 heavy (non-hydrogen) atoms. The van der Waals surface area contributed by atoms with Crippen LogP contribution in [0.4, 0.5) is 5.69 Å². The zero-order valence-electron chi connectivity index (χ0n) is 13.2. The van der Waals surface area contributed by atoms with Gasteiger partial charge < -0.3 is 0 Å². The minimum atomic E-state index is -0.180. The minimum Gasteiger partial charge on any atom is -0.274 e. The molecule has 122 valence electrons. The molecule has 0 aromatic heterocycles. The van der Waals surface area contributed by atoms with Crippen molar-refractivity contribution in [3.63, 3.8) is 0 Å². The van der Waals surface area contributed by atoms with Crippen molar-refractivity contribution in [3.8, 4) is 0 Å². The monoisotopic (exact) mass is 383 g/mol. The lowest BCUT2D eigenvalue weighted by atomic mass is 9.73. The first-order valence-corrected chi connectivity index (χ1v) is 9.13. The molecule has 0 unspecified atom stereocenters. The first-order valence-electron chi connectivity index (χ1n) is 8.33. The number of carbonyl (C=O) groups excluding carboxylic acids is 2. The maximum Gasteiger partial charge on any atom is 0.237 e. The summed E-state index contributed by atoms with van der Waals surface area (Å²) in [6, 6.07) is 17.7. The van der Waals surface area contributed by atoms with Gasteiger partial charge in [-0.2, -0.15) is 0 Å². The van der Waals surface area contributed by atoms with Crippen LogP contribution in [0.5, 0.6) is 0 Å². The number of benzene rings is 2. The van der Waals surface area contributed by atoms with Gasteiger partial charge in [-0.3, -0.25) is 14.5 Å². The summed E-state index contributed by atoms with van der Waals surface area (Å²) in [6.07, 6.45) is 2.53. The number of hydrogen-bond donors (Lipinski definition) is 0. The van der Waals surface area contributed by atoms with Crippen molar-refractivity contribution < 1.29 is 9.59 Å². The summed E-state index contributed by atoms with van der Waals surface area (Å²) in [5, 5.41) is 0. The Hall–Kier alpha value is -1.94. The highest BCUT2D eigenvalue weighted by molar-refractivity contribution is 9.10. The molecule has 2 aromatic carbocycles. The quantitative estimate of drug-likeness (QED) is 0.714. The lowest BCUT2D eigenvalue weighted by Crippen LogP contribution is -2.30. The van der Waals surface area contributed by atoms with E-state index >= 15 is 0 Å². The smallest absolute Gasteiger partial charge is 0.237 e. The van der Waals surface area contributed by atoms with Gasteiger partial charge in [0.1, 0.15) is 0 Å². The van der Waals surface area contributed by atoms with Gasteiger partial charge in [-0.1, -0.05) is 46.3 Å². The molecule has 3 atom stereocenters. The molecule has 1 aliphatic heterocycles. The maximum atomic E-state index is 12.9. The second-order valence-corrected chi connectivity index (χ2v) is 7.54. The molecule has 2 aliphatic rings. The molecule has 0 N–H and O–H groups in total. The molecule has 2 aromatic rings. The van der Waals surface area contributed by atoms with Crippen LogP contribution in [0, 0.1) is 11.8 Å². The second kappa shape index (κ2) is 6.17. The molecule has 2 amide bonds. The van der Waals surface area contributed by atoms with Gasteiger partial charge in [0.05, 0.1) is 17.5 Å². The highest BCUT2D eigenvalue weighted by Crippen LogP contribution is 2.45. The van der Waals surface area contributed by atoms with Crippen LogP contribution in [-0.2, 0) is 9.59 Å². The molecule has 0 spiro atoms. The second-order valence-electron chi connectivity index (χ2n) is 6.62. The number of rotatable bonds is 2. The fraction of sp³-hybridized carbons (Fsp3) is 0.300. The Balaban J connectivity index is 1.60. The largest absolute Gasteiger partial charge is 0.274 e. The molecule has 3 nitrogen and oxygen atoms in total. The third-order valence-corrected chi connectivity index (χ3v) is 5.81. The average molecular weight is 384 g/mol. The van der Waals surface area contributed by atoms with Crippen LogP contribution < -0.4 is 4.90 Å². The fourth-order valence-corrected chi connectivity index (χ4v) is 4.32. The van der Waals surface area contributed by atoms with Crippen molar-refractivity contribution in [2.75, 3.05) is 4.90 Å². The highest BCUT2D eigenvalue weighted by atomic mass is 79.9. The molecule has 1 aliphatic carbocycles. The van der Waals surface area contributed by atoms with Crippen molar-refractivity contribution in [3.05, 3.63) is 64.6 Å². The molecule has 1 heterocycles. The van der Waals surface area contributed by atoms with Gasteiger partial charge in [0, 0.05) is 4.47 Å². The molecule has 4 heteroatoms. The Morgan fingerprint density at radius 2 is 1.50 bits per heavy atom. The van der Waals surface area contributed by atoms with Gasteiger partial charge in [0.15, 0.2) is 0 Å². The van der Waals surface area contributed by atoms with Crippen molar-refractivity contribution in [2.45, 2.75) is 25.2 Å². The van der Waals surface area contributed by atoms with E-state index in [-0.39, 0.29) is 23.7 Å². The fourth-order valence-electron chi connectivity index (χ4n) is 4.05. The summed E-state index contributed by atoms with van der Waals surface area (Å²) in [5.41, 5.74) is 1.96. The summed E-state index contributed by atoms with van der Waals surface area (Å²) in [7, 11) is 0. The van der Waals surface area contributed by atoms with Crippen LogP contribution in [0.15, 0.2) is 59.1 Å². The molecule has 0 radical (unpaired) electrons. The first kappa shape index (κ1) is 15.6. The molecule has 2 fully saturated rings. The van der Waals surface area contributed by atoms with Gasteiger partial charge in [0.2, 0.25) is 11.8 Å². The molecule has 1 saturated heterocycles. The Kier molecular flexibility index (Phi) is 4.01. The summed E-state index contributed by atoms with van der Waals surface area (Å²) in [4.78, 5) is 27.1. The Bertz CT molecular complexity index is 772. The minimum absolute atomic E-state index is 0.0289. The van der Waals surface area contributed by atoms with Crippen LogP contribution >= 0.6 is 15.9 Å². The van der Waals surface area contributed by atoms with Gasteiger partial charge in [0.25, 0.3) is 0 Å². The van der Waals surface area contributed by atoms with E-state index < -0.39 is 0 Å². The van der Waals surface area contributed by atoms with E-state index in [2.05, 4.69) is 28.1 Å². The third kappa shape index (κ3) is 2.59. The number of imide groups is 1. The molecule has 1 saturated carbocycles. The molecule has 0 bridgehead atoms. The SMILES string of the molecule is O=C1[C@@H]2CC[C@H](c3ccccc3)C[C@H]2C(=O)N1c1ccc(Br)cc1. The van der Waals surface area contributed by atoms with Crippen LogP contribution in [0.1, 0.15) is 30.7 Å². The summed E-state index contributed by atoms with van der Waals surface area (Å²) in [5.74, 6) is -0.0259. The number of hydrogen-bond acceptors (Lipinski definition) is 2. The Labute approximate surface area is 149 Å². The van der Waals surface area contributed by atoms with E-state index in [1.54, 1.807) is 0 Å². The van der Waals surface area contributed by atoms with Gasteiger partial charge in [-0.05, 0) is 55.0 Å². The predicted molar refractivity (Wildman–Crippen MR) is 96.6 cm³/mol. The van der Waals surface area contributed by atoms with E-state index in [1.165, 1.54) is 10.5 Å². The van der Waals surface area contributed by atoms with E-state index in [4.69, 9.17) is 0 Å². The predicted octanol–water partition coefficient (Wildman–Crippen LogP) is 4.52. The number of carbonyl (C=O) groups is 2. The third-order valence-electron chi connectivity index (χ3n) is 5.28. The standard InChI is InChI=1S/C20H18BrNO2/c21-15-7-9-16(10-8-15)22-19(23)17-11-6-14(12-18(17)20(22)24)13-4-2-1-3-5-13/h1-5,7-10,14,17-18H,6,11-12H2/t14-,17+,18+/m0/s1. The number of nitrogens with zero attached hydrogens (tertiary/aromatic N) is 1. The normalized spacial score (nSPS) is 26.5. The average Bonchev–Trinajstić information content (AvgIpc) is 2.87. The molecule has 4 rings (SSSR count). The van der Waals surface area contributed by atoms with Crippen LogP contribution in [0.3, 0.4) is 0 Å². The summed E-state index contributed by atoms with van der Waals surface area (Å²) in [6.45, 7) is 0. The Morgan fingerprint density at radius 3 is 2.21 bits per heavy atom. The number of anilines is 1. The Morgan fingerprint density at radius 1 is 0.833 bits per heavy atom. The number of fused-ring (bicyclic) bond motifs is 1. The maximum absolute atomic E-state index is 12.9. The first-order chi connectivity index (χ1) is 11.6. The topological polar surface area (TPSA) is 37.4 Å². The van der Waals surface area contributed by atoms with Crippen LogP contribution in [0.25, 0.3) is 0 Å². The highest BCUT2D eigenvalue weighted by Gasteiger charge is 2.50. The van der Waals surface area contributed by atoms with Crippen LogP contribution in [-0.4, -0.2) is 11.8 Å². The van der Waals surface area contributed by atoms with Crippen molar-refractivity contribution >= 4 is 33.4 Å². The van der Waals surface area contributed by atoms with Gasteiger partial charge in [-0.25, -0.2) is 0 Å². The number of amides is 2. The van der Waals surface area contributed by atoms with Gasteiger partial charge >= 0.3 is 0 Å². The van der Waals surface area contributed by atoms with E-state index in [9.17, 15) is 9.59 Å². The molecular weight excluding hydrogens is 366 g/mol. The summed E-state index contributed by atoms with van der Waals surface area (Å²) >= 11 is 3.39. The lowest BCUT2D eigenvalue weighted by Gasteiger charge is -2.28. The van der Waals surface area contributed by atoms with Crippen LogP contribution in [0.2, 0.25) is 0 Å². The van der Waals surface area contributed by atoms with Crippen molar-refractivity contribution in [1.29, 1.82) is 0 Å². The van der Waals surface area contributed by atoms with E-state index in [0.29, 0.717) is 11.6 Å². The van der Waals surface area contributed by atoms with Crippen molar-refractivity contribution in [1.82, 2.24) is 0 Å².